The van der Waals surface area contributed by atoms with Gasteiger partial charge in [-0.25, -0.2) is 9.37 Å². The van der Waals surface area contributed by atoms with Crippen LogP contribution in [0, 0.1) is 12.7 Å². The fourth-order valence-electron chi connectivity index (χ4n) is 4.13. The van der Waals surface area contributed by atoms with Crippen LogP contribution in [-0.4, -0.2) is 27.3 Å². The summed E-state index contributed by atoms with van der Waals surface area (Å²) in [6.45, 7) is 6.00. The van der Waals surface area contributed by atoms with Gasteiger partial charge in [0.25, 0.3) is 5.89 Å². The third-order valence-corrected chi connectivity index (χ3v) is 6.36. The number of hydrogen-bond acceptors (Lipinski definition) is 7. The lowest BCUT2D eigenvalue weighted by Gasteiger charge is -2.33. The minimum absolute atomic E-state index is 0.169. The number of aryl methyl sites for hydroxylation is 1. The van der Waals surface area contributed by atoms with Crippen molar-refractivity contribution in [1.29, 1.82) is 0 Å². The van der Waals surface area contributed by atoms with Crippen LogP contribution in [0.4, 0.5) is 4.39 Å². The summed E-state index contributed by atoms with van der Waals surface area (Å²) in [6, 6.07) is 17.4. The van der Waals surface area contributed by atoms with Gasteiger partial charge < -0.3 is 19.6 Å². The highest BCUT2D eigenvalue weighted by Gasteiger charge is 2.28. The van der Waals surface area contributed by atoms with E-state index >= 15 is 0 Å². The molecule has 2 heterocycles. The Hall–Kier alpha value is -3.78. The normalized spacial score (nSPS) is 17.6. The van der Waals surface area contributed by atoms with Crippen LogP contribution in [0.5, 0.6) is 17.2 Å². The van der Waals surface area contributed by atoms with Crippen molar-refractivity contribution in [2.45, 2.75) is 51.2 Å². The highest BCUT2D eigenvalue weighted by atomic mass is 19.1. The first-order valence-corrected chi connectivity index (χ1v) is 11.5. The zero-order valence-electron chi connectivity index (χ0n) is 19.9. The van der Waals surface area contributed by atoms with Crippen LogP contribution in [0.3, 0.4) is 0 Å². The van der Waals surface area contributed by atoms with E-state index in [4.69, 9.17) is 19.6 Å². The van der Waals surface area contributed by atoms with E-state index in [-0.39, 0.29) is 34.9 Å². The van der Waals surface area contributed by atoms with Gasteiger partial charge in [0.15, 0.2) is 11.4 Å². The quantitative estimate of drug-likeness (QED) is 0.374. The number of nitrogens with two attached hydrogens (primary N) is 1. The Labute approximate surface area is 203 Å². The zero-order valence-corrected chi connectivity index (χ0v) is 19.9. The number of hydrogen-bond donors (Lipinski definition) is 1. The third kappa shape index (κ3) is 4.88. The zero-order chi connectivity index (χ0) is 24.6. The Balaban J connectivity index is 1.32. The Morgan fingerprint density at radius 1 is 0.971 bits per heavy atom. The van der Waals surface area contributed by atoms with Crippen molar-refractivity contribution in [2.75, 3.05) is 0 Å². The fraction of sp³-hybridized carbons (Fsp3) is 0.296. The predicted octanol–water partition coefficient (Wildman–Crippen LogP) is 5.57. The van der Waals surface area contributed by atoms with E-state index in [9.17, 15) is 4.39 Å². The van der Waals surface area contributed by atoms with Gasteiger partial charge in [-0.2, -0.15) is 0 Å². The maximum absolute atomic E-state index is 13.9. The van der Waals surface area contributed by atoms with Crippen LogP contribution >= 0.6 is 0 Å². The Kier molecular flexibility index (Phi) is 5.98. The first-order valence-electron chi connectivity index (χ1n) is 11.5. The van der Waals surface area contributed by atoms with Gasteiger partial charge in [0.2, 0.25) is 5.89 Å². The summed E-state index contributed by atoms with van der Waals surface area (Å²) in [5, 5.41) is 7.78. The molecule has 0 saturated heterocycles. The number of aromatic nitrogens is 3. The first kappa shape index (κ1) is 23.0. The van der Waals surface area contributed by atoms with Crippen molar-refractivity contribution in [2.24, 2.45) is 5.73 Å². The van der Waals surface area contributed by atoms with Crippen molar-refractivity contribution < 1.29 is 18.3 Å². The maximum Gasteiger partial charge on any atom is 0.270 e. The highest BCUT2D eigenvalue weighted by Crippen LogP contribution is 2.36. The fourth-order valence-corrected chi connectivity index (χ4v) is 4.13. The smallest absolute Gasteiger partial charge is 0.270 e. The molecule has 4 aromatic rings. The second kappa shape index (κ2) is 9.11. The molecule has 180 valence electrons. The molecule has 2 aromatic heterocycles. The molecule has 1 aliphatic rings. The van der Waals surface area contributed by atoms with E-state index in [2.05, 4.69) is 41.2 Å². The van der Waals surface area contributed by atoms with E-state index in [0.29, 0.717) is 11.6 Å². The van der Waals surface area contributed by atoms with Gasteiger partial charge in [-0.1, -0.05) is 38.1 Å². The number of pyridine rings is 1. The molecule has 0 radical (unpaired) electrons. The van der Waals surface area contributed by atoms with Gasteiger partial charge in [-0.05, 0) is 48.2 Å². The Morgan fingerprint density at radius 3 is 2.17 bits per heavy atom. The topological polar surface area (TPSA) is 96.3 Å². The SMILES string of the molecule is Cc1nnc(-c2ncc(F)cc2Oc2ccc(C(C)(C)c3ccc(OC4CC(N)C4)cc3)cc2)o1. The highest BCUT2D eigenvalue weighted by molar-refractivity contribution is 5.58. The van der Waals surface area contributed by atoms with Crippen LogP contribution < -0.4 is 15.2 Å². The number of rotatable bonds is 7. The molecule has 7 nitrogen and oxygen atoms in total. The third-order valence-electron chi connectivity index (χ3n) is 6.36. The summed E-state index contributed by atoms with van der Waals surface area (Å²) >= 11 is 0. The molecule has 0 atom stereocenters. The standard InChI is InChI=1S/C27H27FN4O3/c1-16-31-32-26(33-16)25-24(12-19(28)15-30-25)35-22-10-6-18(7-11-22)27(2,3)17-4-8-21(9-5-17)34-23-13-20(29)14-23/h4-12,15,20,23H,13-14,29H2,1-3H3. The lowest BCUT2D eigenvalue weighted by Crippen LogP contribution is -2.43. The second-order valence-corrected chi connectivity index (χ2v) is 9.37. The molecule has 0 aliphatic heterocycles. The molecule has 0 bridgehead atoms. The summed E-state index contributed by atoms with van der Waals surface area (Å²) in [4.78, 5) is 4.08. The minimum atomic E-state index is -0.523. The number of nitrogens with zero attached hydrogens (tertiary/aromatic N) is 3. The van der Waals surface area contributed by atoms with E-state index in [1.54, 1.807) is 6.92 Å². The molecular weight excluding hydrogens is 447 g/mol. The van der Waals surface area contributed by atoms with E-state index < -0.39 is 5.82 Å². The molecule has 1 fully saturated rings. The number of benzene rings is 2. The lowest BCUT2D eigenvalue weighted by molar-refractivity contribution is 0.101. The molecule has 2 N–H and O–H groups in total. The van der Waals surface area contributed by atoms with Gasteiger partial charge in [0.1, 0.15) is 23.4 Å². The summed E-state index contributed by atoms with van der Waals surface area (Å²) in [5.41, 5.74) is 8.14. The minimum Gasteiger partial charge on any atom is -0.490 e. The average Bonchev–Trinajstić information content (AvgIpc) is 3.25. The van der Waals surface area contributed by atoms with E-state index in [1.165, 1.54) is 6.07 Å². The van der Waals surface area contributed by atoms with Crippen molar-refractivity contribution in [3.63, 3.8) is 0 Å². The maximum atomic E-state index is 13.9. The van der Waals surface area contributed by atoms with Crippen molar-refractivity contribution in [3.8, 4) is 28.8 Å². The van der Waals surface area contributed by atoms with Gasteiger partial charge in [0, 0.05) is 24.4 Å². The first-order chi connectivity index (χ1) is 16.8. The molecule has 1 aliphatic carbocycles. The second-order valence-electron chi connectivity index (χ2n) is 9.37. The summed E-state index contributed by atoms with van der Waals surface area (Å²) < 4.78 is 31.3. The Morgan fingerprint density at radius 2 is 1.60 bits per heavy atom. The monoisotopic (exact) mass is 474 g/mol. The van der Waals surface area contributed by atoms with Crippen LogP contribution in [-0.2, 0) is 5.41 Å². The number of halogens is 1. The van der Waals surface area contributed by atoms with Crippen LogP contribution in [0.2, 0.25) is 0 Å². The van der Waals surface area contributed by atoms with E-state index in [0.717, 1.165) is 35.9 Å². The average molecular weight is 475 g/mol. The molecule has 35 heavy (non-hydrogen) atoms. The molecule has 0 spiro atoms. The van der Waals surface area contributed by atoms with E-state index in [1.807, 2.05) is 36.4 Å². The van der Waals surface area contributed by atoms with Gasteiger partial charge >= 0.3 is 0 Å². The Bertz CT molecular complexity index is 1310. The van der Waals surface area contributed by atoms with Crippen molar-refractivity contribution in [3.05, 3.63) is 83.6 Å². The summed E-state index contributed by atoms with van der Waals surface area (Å²) in [5.74, 6) is 1.63. The van der Waals surface area contributed by atoms with Crippen molar-refractivity contribution >= 4 is 0 Å². The lowest BCUT2D eigenvalue weighted by atomic mass is 9.78. The van der Waals surface area contributed by atoms with Gasteiger partial charge in [-0.3, -0.25) is 0 Å². The molecule has 8 heteroatoms. The largest absolute Gasteiger partial charge is 0.490 e. The van der Waals surface area contributed by atoms with Crippen LogP contribution in [0.15, 0.2) is 65.2 Å². The van der Waals surface area contributed by atoms with Crippen LogP contribution in [0.25, 0.3) is 11.6 Å². The molecule has 0 unspecified atom stereocenters. The van der Waals surface area contributed by atoms with Crippen molar-refractivity contribution in [1.82, 2.24) is 15.2 Å². The molecule has 0 amide bonds. The molecule has 2 aromatic carbocycles. The molecule has 1 saturated carbocycles. The summed E-state index contributed by atoms with van der Waals surface area (Å²) in [6.07, 6.45) is 3.12. The van der Waals surface area contributed by atoms with Gasteiger partial charge in [0.05, 0.1) is 6.20 Å². The molecular formula is C27H27FN4O3. The number of ether oxygens (including phenoxy) is 2. The summed E-state index contributed by atoms with van der Waals surface area (Å²) in [7, 11) is 0. The predicted molar refractivity (Wildman–Crippen MR) is 129 cm³/mol. The van der Waals surface area contributed by atoms with Crippen LogP contribution in [0.1, 0.15) is 43.7 Å². The molecule has 5 rings (SSSR count). The van der Waals surface area contributed by atoms with Gasteiger partial charge in [-0.15, -0.1) is 10.2 Å².